The molecular formula is C24H33N3O. The molecule has 1 amide bonds. The van der Waals surface area contributed by atoms with E-state index in [4.69, 9.17) is 0 Å². The summed E-state index contributed by atoms with van der Waals surface area (Å²) >= 11 is 0. The van der Waals surface area contributed by atoms with Gasteiger partial charge in [0.15, 0.2) is 0 Å². The highest BCUT2D eigenvalue weighted by Gasteiger charge is 2.43. The van der Waals surface area contributed by atoms with Gasteiger partial charge < -0.3 is 10.6 Å². The number of rotatable bonds is 7. The SMILES string of the molecule is CCC(C)(C(NC(=O)c1ccccc1NC)c1ccccc1)N1CCCC1C. The Morgan fingerprint density at radius 2 is 1.86 bits per heavy atom. The number of carbonyl (C=O) groups excluding carboxylic acids is 1. The average Bonchev–Trinajstić information content (AvgIpc) is 3.18. The van der Waals surface area contributed by atoms with E-state index in [-0.39, 0.29) is 17.5 Å². The van der Waals surface area contributed by atoms with Gasteiger partial charge in [0.25, 0.3) is 5.91 Å². The number of para-hydroxylation sites is 1. The summed E-state index contributed by atoms with van der Waals surface area (Å²) in [5.74, 6) is -0.0367. The van der Waals surface area contributed by atoms with E-state index in [9.17, 15) is 4.79 Å². The largest absolute Gasteiger partial charge is 0.387 e. The predicted octanol–water partition coefficient (Wildman–Crippen LogP) is 4.85. The third-order valence-corrected chi connectivity index (χ3v) is 6.40. The fourth-order valence-electron chi connectivity index (χ4n) is 4.62. The zero-order chi connectivity index (χ0) is 20.1. The number of carbonyl (C=O) groups is 1. The second-order valence-corrected chi connectivity index (χ2v) is 8.01. The summed E-state index contributed by atoms with van der Waals surface area (Å²) in [6, 6.07) is 18.5. The lowest BCUT2D eigenvalue weighted by atomic mass is 9.82. The summed E-state index contributed by atoms with van der Waals surface area (Å²) in [5.41, 5.74) is 2.53. The van der Waals surface area contributed by atoms with Crippen molar-refractivity contribution in [3.8, 4) is 0 Å². The predicted molar refractivity (Wildman–Crippen MR) is 117 cm³/mol. The van der Waals surface area contributed by atoms with Gasteiger partial charge in [0.2, 0.25) is 0 Å². The molecule has 0 spiro atoms. The number of benzene rings is 2. The highest BCUT2D eigenvalue weighted by Crippen LogP contribution is 2.39. The minimum atomic E-state index is -0.151. The lowest BCUT2D eigenvalue weighted by Gasteiger charge is -2.47. The Morgan fingerprint density at radius 1 is 1.18 bits per heavy atom. The Bertz CT molecular complexity index is 791. The van der Waals surface area contributed by atoms with Gasteiger partial charge in [0.1, 0.15) is 0 Å². The minimum absolute atomic E-state index is 0.0367. The molecule has 0 bridgehead atoms. The van der Waals surface area contributed by atoms with E-state index < -0.39 is 0 Å². The molecule has 0 radical (unpaired) electrons. The van der Waals surface area contributed by atoms with Crippen LogP contribution in [0.25, 0.3) is 0 Å². The molecule has 150 valence electrons. The molecule has 4 nitrogen and oxygen atoms in total. The number of likely N-dealkylation sites (tertiary alicyclic amines) is 1. The van der Waals surface area contributed by atoms with E-state index in [2.05, 4.69) is 60.6 Å². The summed E-state index contributed by atoms with van der Waals surface area (Å²) in [7, 11) is 1.85. The van der Waals surface area contributed by atoms with E-state index in [1.165, 1.54) is 12.8 Å². The van der Waals surface area contributed by atoms with Gasteiger partial charge >= 0.3 is 0 Å². The summed E-state index contributed by atoms with van der Waals surface area (Å²) in [4.78, 5) is 15.9. The molecule has 3 unspecified atom stereocenters. The lowest BCUT2D eigenvalue weighted by molar-refractivity contribution is 0.0488. The average molecular weight is 380 g/mol. The molecule has 0 saturated carbocycles. The second kappa shape index (κ2) is 8.78. The van der Waals surface area contributed by atoms with Gasteiger partial charge in [0, 0.05) is 24.3 Å². The molecule has 2 aromatic rings. The summed E-state index contributed by atoms with van der Waals surface area (Å²) in [6.07, 6.45) is 3.40. The van der Waals surface area contributed by atoms with Crippen molar-refractivity contribution in [2.24, 2.45) is 0 Å². The zero-order valence-electron chi connectivity index (χ0n) is 17.5. The maximum Gasteiger partial charge on any atom is 0.253 e. The molecule has 2 N–H and O–H groups in total. The molecule has 2 aromatic carbocycles. The Kier molecular flexibility index (Phi) is 6.40. The molecule has 0 aromatic heterocycles. The van der Waals surface area contributed by atoms with Crippen LogP contribution in [0.1, 0.15) is 62.0 Å². The summed E-state index contributed by atoms with van der Waals surface area (Å²) in [6.45, 7) is 7.92. The van der Waals surface area contributed by atoms with Crippen LogP contribution in [0.2, 0.25) is 0 Å². The summed E-state index contributed by atoms with van der Waals surface area (Å²) < 4.78 is 0. The Balaban J connectivity index is 1.99. The number of amides is 1. The normalized spacial score (nSPS) is 20.4. The number of hydrogen-bond donors (Lipinski definition) is 2. The first-order chi connectivity index (χ1) is 13.5. The zero-order valence-corrected chi connectivity index (χ0v) is 17.5. The molecule has 3 rings (SSSR count). The first-order valence-electron chi connectivity index (χ1n) is 10.4. The van der Waals surface area contributed by atoms with Crippen molar-refractivity contribution in [1.29, 1.82) is 0 Å². The number of nitrogens with one attached hydrogen (secondary N) is 2. The van der Waals surface area contributed by atoms with Crippen molar-refractivity contribution in [3.63, 3.8) is 0 Å². The van der Waals surface area contributed by atoms with Crippen LogP contribution in [-0.4, -0.2) is 36.0 Å². The van der Waals surface area contributed by atoms with E-state index in [1.54, 1.807) is 0 Å². The smallest absolute Gasteiger partial charge is 0.253 e. The van der Waals surface area contributed by atoms with E-state index in [0.29, 0.717) is 11.6 Å². The van der Waals surface area contributed by atoms with Crippen molar-refractivity contribution in [2.75, 3.05) is 18.9 Å². The van der Waals surface area contributed by atoms with Crippen molar-refractivity contribution >= 4 is 11.6 Å². The van der Waals surface area contributed by atoms with Crippen molar-refractivity contribution in [3.05, 3.63) is 65.7 Å². The van der Waals surface area contributed by atoms with Gasteiger partial charge in [-0.2, -0.15) is 0 Å². The fourth-order valence-corrected chi connectivity index (χ4v) is 4.62. The van der Waals surface area contributed by atoms with Crippen LogP contribution in [0.15, 0.2) is 54.6 Å². The van der Waals surface area contributed by atoms with Crippen LogP contribution < -0.4 is 10.6 Å². The van der Waals surface area contributed by atoms with Gasteiger partial charge in [-0.05, 0) is 57.4 Å². The third kappa shape index (κ3) is 3.93. The van der Waals surface area contributed by atoms with Crippen LogP contribution in [-0.2, 0) is 0 Å². The van der Waals surface area contributed by atoms with Gasteiger partial charge in [-0.15, -0.1) is 0 Å². The molecule has 4 heteroatoms. The van der Waals surface area contributed by atoms with Gasteiger partial charge in [0.05, 0.1) is 11.6 Å². The topological polar surface area (TPSA) is 44.4 Å². The van der Waals surface area contributed by atoms with Crippen LogP contribution in [0.5, 0.6) is 0 Å². The standard InChI is InChI=1S/C24H33N3O/c1-5-24(3,27-17-11-12-18(27)2)22(19-13-7-6-8-14-19)26-23(28)20-15-9-10-16-21(20)25-4/h6-10,13-16,18,22,25H,5,11-12,17H2,1-4H3,(H,26,28). The Labute approximate surface area is 169 Å². The van der Waals surface area contributed by atoms with Gasteiger partial charge in [-0.25, -0.2) is 0 Å². The van der Waals surface area contributed by atoms with Crippen molar-refractivity contribution in [1.82, 2.24) is 10.2 Å². The second-order valence-electron chi connectivity index (χ2n) is 8.01. The first kappa shape index (κ1) is 20.4. The molecule has 3 atom stereocenters. The molecule has 1 fully saturated rings. The van der Waals surface area contributed by atoms with Crippen molar-refractivity contribution < 1.29 is 4.79 Å². The van der Waals surface area contributed by atoms with E-state index in [1.807, 2.05) is 37.4 Å². The molecule has 1 saturated heterocycles. The maximum absolute atomic E-state index is 13.3. The first-order valence-corrected chi connectivity index (χ1v) is 10.4. The Hall–Kier alpha value is -2.33. The lowest BCUT2D eigenvalue weighted by Crippen LogP contribution is -2.56. The fraction of sp³-hybridized carbons (Fsp3) is 0.458. The monoisotopic (exact) mass is 379 g/mol. The molecule has 1 heterocycles. The third-order valence-electron chi connectivity index (χ3n) is 6.40. The molecule has 1 aliphatic heterocycles. The molecule has 0 aliphatic carbocycles. The summed E-state index contributed by atoms with van der Waals surface area (Å²) in [5, 5.41) is 6.53. The van der Waals surface area contributed by atoms with Crippen LogP contribution >= 0.6 is 0 Å². The number of hydrogen-bond acceptors (Lipinski definition) is 3. The van der Waals surface area contributed by atoms with Crippen LogP contribution in [0, 0.1) is 0 Å². The number of nitrogens with zero attached hydrogens (tertiary/aromatic N) is 1. The van der Waals surface area contributed by atoms with E-state index in [0.717, 1.165) is 24.2 Å². The van der Waals surface area contributed by atoms with Crippen LogP contribution in [0.3, 0.4) is 0 Å². The molecular weight excluding hydrogens is 346 g/mol. The Morgan fingerprint density at radius 3 is 2.46 bits per heavy atom. The maximum atomic E-state index is 13.3. The van der Waals surface area contributed by atoms with Gasteiger partial charge in [-0.3, -0.25) is 9.69 Å². The molecule has 1 aliphatic rings. The molecule has 28 heavy (non-hydrogen) atoms. The van der Waals surface area contributed by atoms with E-state index >= 15 is 0 Å². The highest BCUT2D eigenvalue weighted by molar-refractivity contribution is 5.99. The number of anilines is 1. The minimum Gasteiger partial charge on any atom is -0.387 e. The van der Waals surface area contributed by atoms with Crippen molar-refractivity contribution in [2.45, 2.75) is 57.7 Å². The highest BCUT2D eigenvalue weighted by atomic mass is 16.1. The van der Waals surface area contributed by atoms with Crippen LogP contribution in [0.4, 0.5) is 5.69 Å². The van der Waals surface area contributed by atoms with Gasteiger partial charge in [-0.1, -0.05) is 49.4 Å². The quantitative estimate of drug-likeness (QED) is 0.723.